The predicted octanol–water partition coefficient (Wildman–Crippen LogP) is 2.19. The van der Waals surface area contributed by atoms with Crippen molar-refractivity contribution in [1.29, 1.82) is 0 Å². The quantitative estimate of drug-likeness (QED) is 0.845. The highest BCUT2D eigenvalue weighted by Gasteiger charge is 2.33. The van der Waals surface area contributed by atoms with E-state index in [1.807, 2.05) is 0 Å². The van der Waals surface area contributed by atoms with E-state index in [1.165, 1.54) is 63.1 Å². The van der Waals surface area contributed by atoms with Gasteiger partial charge in [0.05, 0.1) is 0 Å². The standard InChI is InChI=1S/C17H25N3/c1-2-7-17-14(5-1)11-16(12-18-17)20-10-9-19-8-4-3-6-15(19)13-20/h1-2,5,7,15-16,18H,3-4,6,8-13H2. The van der Waals surface area contributed by atoms with Crippen LogP contribution in [0.15, 0.2) is 24.3 Å². The van der Waals surface area contributed by atoms with Gasteiger partial charge in [0, 0.05) is 44.0 Å². The Morgan fingerprint density at radius 1 is 0.950 bits per heavy atom. The number of piperazine rings is 1. The molecule has 1 N–H and O–H groups in total. The average Bonchev–Trinajstić information content (AvgIpc) is 2.54. The van der Waals surface area contributed by atoms with E-state index in [-0.39, 0.29) is 0 Å². The minimum atomic E-state index is 0.689. The van der Waals surface area contributed by atoms with E-state index < -0.39 is 0 Å². The monoisotopic (exact) mass is 271 g/mol. The third-order valence-electron chi connectivity index (χ3n) is 5.39. The van der Waals surface area contributed by atoms with Gasteiger partial charge in [-0.15, -0.1) is 0 Å². The second kappa shape index (κ2) is 5.38. The van der Waals surface area contributed by atoms with Crippen molar-refractivity contribution < 1.29 is 0 Å². The minimum absolute atomic E-state index is 0.689. The number of hydrogen-bond donors (Lipinski definition) is 1. The molecule has 2 saturated heterocycles. The topological polar surface area (TPSA) is 18.5 Å². The highest BCUT2D eigenvalue weighted by atomic mass is 15.3. The highest BCUT2D eigenvalue weighted by Crippen LogP contribution is 2.27. The van der Waals surface area contributed by atoms with Crippen molar-refractivity contribution in [2.75, 3.05) is 38.0 Å². The van der Waals surface area contributed by atoms with Gasteiger partial charge in [-0.25, -0.2) is 0 Å². The van der Waals surface area contributed by atoms with Crippen LogP contribution in [0.4, 0.5) is 5.69 Å². The lowest BCUT2D eigenvalue weighted by molar-refractivity contribution is 0.0294. The molecule has 2 atom stereocenters. The zero-order valence-electron chi connectivity index (χ0n) is 12.2. The first-order chi connectivity index (χ1) is 9.90. The number of rotatable bonds is 1. The Bertz CT molecular complexity index is 473. The lowest BCUT2D eigenvalue weighted by Gasteiger charge is -2.47. The Labute approximate surface area is 121 Å². The molecule has 3 heteroatoms. The molecule has 108 valence electrons. The fourth-order valence-electron chi connectivity index (χ4n) is 4.19. The first kappa shape index (κ1) is 12.7. The van der Waals surface area contributed by atoms with Gasteiger partial charge in [0.1, 0.15) is 0 Å². The molecule has 3 nitrogen and oxygen atoms in total. The van der Waals surface area contributed by atoms with E-state index in [0.29, 0.717) is 6.04 Å². The zero-order chi connectivity index (χ0) is 13.4. The van der Waals surface area contributed by atoms with Crippen molar-refractivity contribution >= 4 is 5.69 Å². The molecular weight excluding hydrogens is 246 g/mol. The SMILES string of the molecule is c1ccc2c(c1)CC(N1CCN3CCCCC3C1)CN2. The van der Waals surface area contributed by atoms with Crippen molar-refractivity contribution in [3.8, 4) is 0 Å². The first-order valence-electron chi connectivity index (χ1n) is 8.20. The Morgan fingerprint density at radius 3 is 2.85 bits per heavy atom. The van der Waals surface area contributed by atoms with Crippen LogP contribution in [0, 0.1) is 0 Å². The van der Waals surface area contributed by atoms with Crippen LogP contribution in [-0.4, -0.2) is 54.6 Å². The molecule has 3 aliphatic rings. The molecule has 1 aromatic carbocycles. The molecule has 0 bridgehead atoms. The minimum Gasteiger partial charge on any atom is -0.383 e. The maximum absolute atomic E-state index is 3.63. The van der Waals surface area contributed by atoms with Crippen LogP contribution in [0.3, 0.4) is 0 Å². The third kappa shape index (κ3) is 2.33. The lowest BCUT2D eigenvalue weighted by atomic mass is 9.95. The van der Waals surface area contributed by atoms with E-state index >= 15 is 0 Å². The Hall–Kier alpha value is -1.06. The molecule has 0 radical (unpaired) electrons. The van der Waals surface area contributed by atoms with Crippen molar-refractivity contribution in [2.45, 2.75) is 37.8 Å². The second-order valence-corrected chi connectivity index (χ2v) is 6.58. The molecule has 2 fully saturated rings. The van der Waals surface area contributed by atoms with Gasteiger partial charge in [-0.2, -0.15) is 0 Å². The number of nitrogens with one attached hydrogen (secondary N) is 1. The summed E-state index contributed by atoms with van der Waals surface area (Å²) in [5.74, 6) is 0. The van der Waals surface area contributed by atoms with Gasteiger partial charge in [-0.3, -0.25) is 9.80 Å². The summed E-state index contributed by atoms with van der Waals surface area (Å²) in [5, 5.41) is 3.63. The third-order valence-corrected chi connectivity index (χ3v) is 5.39. The number of para-hydroxylation sites is 1. The van der Waals surface area contributed by atoms with E-state index in [0.717, 1.165) is 12.6 Å². The fraction of sp³-hybridized carbons (Fsp3) is 0.647. The Kier molecular flexibility index (Phi) is 3.41. The molecule has 2 unspecified atom stereocenters. The number of nitrogens with zero attached hydrogens (tertiary/aromatic N) is 2. The van der Waals surface area contributed by atoms with Crippen LogP contribution >= 0.6 is 0 Å². The summed E-state index contributed by atoms with van der Waals surface area (Å²) in [7, 11) is 0. The molecule has 0 amide bonds. The van der Waals surface area contributed by atoms with Crippen molar-refractivity contribution in [3.05, 3.63) is 29.8 Å². The largest absolute Gasteiger partial charge is 0.383 e. The maximum atomic E-state index is 3.63. The second-order valence-electron chi connectivity index (χ2n) is 6.58. The van der Waals surface area contributed by atoms with Gasteiger partial charge in [-0.05, 0) is 37.4 Å². The summed E-state index contributed by atoms with van der Waals surface area (Å²) in [6, 6.07) is 10.3. The average molecular weight is 271 g/mol. The van der Waals surface area contributed by atoms with Gasteiger partial charge < -0.3 is 5.32 Å². The van der Waals surface area contributed by atoms with Crippen LogP contribution in [0.5, 0.6) is 0 Å². The summed E-state index contributed by atoms with van der Waals surface area (Å²) in [6.45, 7) is 6.27. The van der Waals surface area contributed by atoms with E-state index in [2.05, 4.69) is 39.4 Å². The maximum Gasteiger partial charge on any atom is 0.0373 e. The van der Waals surface area contributed by atoms with E-state index in [4.69, 9.17) is 0 Å². The Morgan fingerprint density at radius 2 is 1.85 bits per heavy atom. The molecular formula is C17H25N3. The lowest BCUT2D eigenvalue weighted by Crippen LogP contribution is -2.59. The summed E-state index contributed by atoms with van der Waals surface area (Å²) in [4.78, 5) is 5.47. The van der Waals surface area contributed by atoms with Gasteiger partial charge in [0.25, 0.3) is 0 Å². The van der Waals surface area contributed by atoms with Crippen LogP contribution in [0.2, 0.25) is 0 Å². The Balaban J connectivity index is 1.44. The molecule has 0 aliphatic carbocycles. The first-order valence-corrected chi connectivity index (χ1v) is 8.20. The highest BCUT2D eigenvalue weighted by molar-refractivity contribution is 5.53. The summed E-state index contributed by atoms with van der Waals surface area (Å²) in [5.41, 5.74) is 2.84. The summed E-state index contributed by atoms with van der Waals surface area (Å²) < 4.78 is 0. The van der Waals surface area contributed by atoms with Gasteiger partial charge in [0.2, 0.25) is 0 Å². The fourth-order valence-corrected chi connectivity index (χ4v) is 4.19. The smallest absolute Gasteiger partial charge is 0.0373 e. The van der Waals surface area contributed by atoms with Crippen LogP contribution < -0.4 is 5.32 Å². The number of fused-ring (bicyclic) bond motifs is 2. The van der Waals surface area contributed by atoms with Crippen molar-refractivity contribution in [1.82, 2.24) is 9.80 Å². The summed E-state index contributed by atoms with van der Waals surface area (Å²) in [6.07, 6.45) is 5.47. The van der Waals surface area contributed by atoms with Gasteiger partial charge in [-0.1, -0.05) is 24.6 Å². The van der Waals surface area contributed by atoms with Gasteiger partial charge >= 0.3 is 0 Å². The van der Waals surface area contributed by atoms with E-state index in [1.54, 1.807) is 0 Å². The number of hydrogen-bond acceptors (Lipinski definition) is 3. The predicted molar refractivity (Wildman–Crippen MR) is 83.2 cm³/mol. The molecule has 3 heterocycles. The zero-order valence-corrected chi connectivity index (χ0v) is 12.2. The molecule has 20 heavy (non-hydrogen) atoms. The summed E-state index contributed by atoms with van der Waals surface area (Å²) >= 11 is 0. The van der Waals surface area contributed by atoms with E-state index in [9.17, 15) is 0 Å². The number of benzene rings is 1. The van der Waals surface area contributed by atoms with Crippen LogP contribution in [-0.2, 0) is 6.42 Å². The number of piperidine rings is 1. The molecule has 0 spiro atoms. The normalized spacial score (nSPS) is 31.2. The van der Waals surface area contributed by atoms with Gasteiger partial charge in [0.15, 0.2) is 0 Å². The molecule has 4 rings (SSSR count). The molecule has 0 aromatic heterocycles. The van der Waals surface area contributed by atoms with Crippen LogP contribution in [0.25, 0.3) is 0 Å². The van der Waals surface area contributed by atoms with Crippen LogP contribution in [0.1, 0.15) is 24.8 Å². The molecule has 3 aliphatic heterocycles. The molecule has 1 aromatic rings. The molecule has 0 saturated carbocycles. The van der Waals surface area contributed by atoms with Crippen molar-refractivity contribution in [3.63, 3.8) is 0 Å². The van der Waals surface area contributed by atoms with Crippen molar-refractivity contribution in [2.24, 2.45) is 0 Å². The number of anilines is 1.